The molecule has 8 nitrogen and oxygen atoms in total. The number of hydrogen-bond donors (Lipinski definition) is 2. The third kappa shape index (κ3) is 8.09. The average Bonchev–Trinajstić information content (AvgIpc) is 3.39. The molecule has 11 heteroatoms. The molecule has 214 valence electrons. The zero-order valence-corrected chi connectivity index (χ0v) is 23.4. The van der Waals surface area contributed by atoms with Crippen molar-refractivity contribution in [2.24, 2.45) is 0 Å². The van der Waals surface area contributed by atoms with Gasteiger partial charge in [0.15, 0.2) is 5.13 Å². The van der Waals surface area contributed by atoms with Crippen LogP contribution >= 0.6 is 11.3 Å². The number of thiazole rings is 1. The SMILES string of the molecule is CCCCCCOCCc1cccc(-c2csc(NC(=O)c3cc(F)c(C=C(OC)C(=O)O)c(F)c3)n2)c1OC. The van der Waals surface area contributed by atoms with Crippen molar-refractivity contribution < 1.29 is 37.7 Å². The van der Waals surface area contributed by atoms with Crippen LogP contribution in [0.4, 0.5) is 13.9 Å². The highest BCUT2D eigenvalue weighted by Crippen LogP contribution is 2.35. The number of nitrogens with one attached hydrogen (secondary N) is 1. The Balaban J connectivity index is 1.71. The van der Waals surface area contributed by atoms with Crippen molar-refractivity contribution in [1.29, 1.82) is 0 Å². The van der Waals surface area contributed by atoms with Gasteiger partial charge in [-0.2, -0.15) is 0 Å². The lowest BCUT2D eigenvalue weighted by molar-refractivity contribution is -0.135. The summed E-state index contributed by atoms with van der Waals surface area (Å²) in [5, 5.41) is 13.5. The molecular formula is C29H32F2N2O6S. The van der Waals surface area contributed by atoms with Gasteiger partial charge in [-0.15, -0.1) is 11.3 Å². The first kappa shape index (κ1) is 30.7. The number of halogens is 2. The maximum absolute atomic E-state index is 14.5. The van der Waals surface area contributed by atoms with E-state index in [1.54, 1.807) is 12.5 Å². The summed E-state index contributed by atoms with van der Waals surface area (Å²) >= 11 is 1.15. The lowest BCUT2D eigenvalue weighted by Crippen LogP contribution is -2.13. The smallest absolute Gasteiger partial charge is 0.371 e. The minimum Gasteiger partial charge on any atom is -0.496 e. The largest absolute Gasteiger partial charge is 0.496 e. The number of amides is 1. The molecule has 1 amide bonds. The molecule has 0 radical (unpaired) electrons. The molecule has 0 spiro atoms. The van der Waals surface area contributed by atoms with E-state index in [-0.39, 0.29) is 10.7 Å². The number of unbranched alkanes of at least 4 members (excludes halogenated alkanes) is 3. The second kappa shape index (κ2) is 15.1. The molecular weight excluding hydrogens is 542 g/mol. The standard InChI is InChI=1S/C29H32F2N2O6S/c1-4-5-6-7-12-39-13-11-18-9-8-10-20(26(18)38-3)24-17-40-29(32-24)33-27(34)19-14-22(30)21(23(31)15-19)16-25(37-2)28(35)36/h8-10,14-17H,4-7,11-13H2,1-3H3,(H,35,36)(H,32,33,34). The molecule has 0 aliphatic rings. The fourth-order valence-electron chi connectivity index (χ4n) is 3.96. The molecule has 2 aromatic carbocycles. The fourth-order valence-corrected chi connectivity index (χ4v) is 4.66. The molecule has 40 heavy (non-hydrogen) atoms. The van der Waals surface area contributed by atoms with Gasteiger partial charge < -0.3 is 19.3 Å². The summed E-state index contributed by atoms with van der Waals surface area (Å²) in [4.78, 5) is 28.3. The van der Waals surface area contributed by atoms with Crippen LogP contribution in [0.5, 0.6) is 5.75 Å². The average molecular weight is 575 g/mol. The van der Waals surface area contributed by atoms with Crippen LogP contribution < -0.4 is 10.1 Å². The molecule has 0 bridgehead atoms. The van der Waals surface area contributed by atoms with Crippen LogP contribution in [0.2, 0.25) is 0 Å². The van der Waals surface area contributed by atoms with Gasteiger partial charge in [0, 0.05) is 34.8 Å². The number of carboxylic acids is 1. The minimum atomic E-state index is -1.49. The van der Waals surface area contributed by atoms with Crippen LogP contribution in [0.3, 0.4) is 0 Å². The Morgan fingerprint density at radius 2 is 1.85 bits per heavy atom. The topological polar surface area (TPSA) is 107 Å². The summed E-state index contributed by atoms with van der Waals surface area (Å²) in [5.41, 5.74) is 1.33. The number of hydrogen-bond acceptors (Lipinski definition) is 7. The number of ether oxygens (including phenoxy) is 3. The summed E-state index contributed by atoms with van der Waals surface area (Å²) in [6.07, 6.45) is 5.96. The Labute approximate surface area is 235 Å². The van der Waals surface area contributed by atoms with Gasteiger partial charge in [0.25, 0.3) is 5.91 Å². The second-order valence-corrected chi connectivity index (χ2v) is 9.64. The lowest BCUT2D eigenvalue weighted by Gasteiger charge is -2.13. The van der Waals surface area contributed by atoms with Crippen LogP contribution in [0.15, 0.2) is 41.5 Å². The number of anilines is 1. The lowest BCUT2D eigenvalue weighted by atomic mass is 10.0. The van der Waals surface area contributed by atoms with Gasteiger partial charge >= 0.3 is 5.97 Å². The first-order valence-corrected chi connectivity index (χ1v) is 13.7. The highest BCUT2D eigenvalue weighted by Gasteiger charge is 2.19. The molecule has 3 rings (SSSR count). The van der Waals surface area contributed by atoms with E-state index in [9.17, 15) is 18.4 Å². The normalized spacial score (nSPS) is 11.4. The van der Waals surface area contributed by atoms with Crippen LogP contribution in [0, 0.1) is 11.6 Å². The quantitative estimate of drug-likeness (QED) is 0.120. The Morgan fingerprint density at radius 3 is 2.50 bits per heavy atom. The van der Waals surface area contributed by atoms with Gasteiger partial charge in [-0.1, -0.05) is 38.3 Å². The molecule has 0 saturated carbocycles. The number of benzene rings is 2. The summed E-state index contributed by atoms with van der Waals surface area (Å²) in [7, 11) is 2.65. The van der Waals surface area contributed by atoms with E-state index in [4.69, 9.17) is 14.6 Å². The van der Waals surface area contributed by atoms with Crippen LogP contribution in [0.25, 0.3) is 17.3 Å². The molecule has 1 heterocycles. The summed E-state index contributed by atoms with van der Waals surface area (Å²) < 4.78 is 45.2. The first-order chi connectivity index (χ1) is 19.3. The number of carbonyl (C=O) groups is 2. The van der Waals surface area contributed by atoms with Crippen molar-refractivity contribution in [3.63, 3.8) is 0 Å². The summed E-state index contributed by atoms with van der Waals surface area (Å²) in [5.74, 6) is -4.50. The molecule has 2 N–H and O–H groups in total. The summed E-state index contributed by atoms with van der Waals surface area (Å²) in [6.45, 7) is 3.46. The maximum atomic E-state index is 14.5. The highest BCUT2D eigenvalue weighted by atomic mass is 32.1. The van der Waals surface area contributed by atoms with Gasteiger partial charge in [0.05, 0.1) is 26.5 Å². The molecule has 0 atom stereocenters. The number of carbonyl (C=O) groups excluding carboxylic acids is 1. The van der Waals surface area contributed by atoms with Gasteiger partial charge in [0.2, 0.25) is 5.76 Å². The Hall–Kier alpha value is -3.83. The molecule has 1 aromatic heterocycles. The predicted octanol–water partition coefficient (Wildman–Crippen LogP) is 6.56. The molecule has 0 saturated heterocycles. The van der Waals surface area contributed by atoms with Crippen LogP contribution in [0.1, 0.15) is 54.1 Å². The third-order valence-electron chi connectivity index (χ3n) is 6.01. The van der Waals surface area contributed by atoms with Crippen molar-refractivity contribution in [3.8, 4) is 17.0 Å². The van der Waals surface area contributed by atoms with E-state index in [0.29, 0.717) is 30.5 Å². The second-order valence-electron chi connectivity index (χ2n) is 8.78. The molecule has 0 aliphatic carbocycles. The van der Waals surface area contributed by atoms with Gasteiger partial charge in [-0.05, 0) is 36.6 Å². The molecule has 3 aromatic rings. The van der Waals surface area contributed by atoms with Crippen LogP contribution in [-0.2, 0) is 20.7 Å². The van der Waals surface area contributed by atoms with E-state index in [0.717, 1.165) is 61.2 Å². The molecule has 0 unspecified atom stereocenters. The van der Waals surface area contributed by atoms with E-state index in [1.807, 2.05) is 18.2 Å². The van der Waals surface area contributed by atoms with Crippen LogP contribution in [-0.4, -0.2) is 49.4 Å². The Bertz CT molecular complexity index is 1340. The van der Waals surface area contributed by atoms with Gasteiger partial charge in [0.1, 0.15) is 17.4 Å². The monoisotopic (exact) mass is 574 g/mol. The Morgan fingerprint density at radius 1 is 1.10 bits per heavy atom. The van der Waals surface area contributed by atoms with Crippen molar-refractivity contribution in [1.82, 2.24) is 4.98 Å². The maximum Gasteiger partial charge on any atom is 0.371 e. The van der Waals surface area contributed by atoms with Gasteiger partial charge in [-0.25, -0.2) is 18.6 Å². The van der Waals surface area contributed by atoms with E-state index in [2.05, 4.69) is 22.0 Å². The highest BCUT2D eigenvalue weighted by molar-refractivity contribution is 7.14. The molecule has 0 fully saturated rings. The number of nitrogens with zero attached hydrogens (tertiary/aromatic N) is 1. The van der Waals surface area contributed by atoms with Crippen molar-refractivity contribution in [2.45, 2.75) is 39.0 Å². The van der Waals surface area contributed by atoms with E-state index in [1.165, 1.54) is 12.8 Å². The number of methoxy groups -OCH3 is 2. The summed E-state index contributed by atoms with van der Waals surface area (Å²) in [6, 6.07) is 7.34. The fraction of sp³-hybridized carbons (Fsp3) is 0.345. The third-order valence-corrected chi connectivity index (χ3v) is 6.76. The number of aromatic nitrogens is 1. The number of carboxylic acid groups (broad SMARTS) is 1. The zero-order valence-electron chi connectivity index (χ0n) is 22.6. The number of rotatable bonds is 15. The van der Waals surface area contributed by atoms with Gasteiger partial charge in [-0.3, -0.25) is 10.1 Å². The first-order valence-electron chi connectivity index (χ1n) is 12.8. The number of para-hydroxylation sites is 1. The zero-order chi connectivity index (χ0) is 29.1. The predicted molar refractivity (Wildman–Crippen MR) is 150 cm³/mol. The van der Waals surface area contributed by atoms with Crippen molar-refractivity contribution in [3.05, 3.63) is 69.8 Å². The minimum absolute atomic E-state index is 0.222. The van der Waals surface area contributed by atoms with Crippen molar-refractivity contribution in [2.75, 3.05) is 32.8 Å². The molecule has 0 aliphatic heterocycles. The van der Waals surface area contributed by atoms with Crippen molar-refractivity contribution >= 4 is 34.4 Å². The van der Waals surface area contributed by atoms with E-state index < -0.39 is 34.8 Å². The number of aliphatic carboxylic acids is 1. The Kier molecular flexibility index (Phi) is 11.6. The van der Waals surface area contributed by atoms with E-state index >= 15 is 0 Å².